The molecule has 1 saturated heterocycles. The second-order valence-corrected chi connectivity index (χ2v) is 9.68. The summed E-state index contributed by atoms with van der Waals surface area (Å²) in [5.41, 5.74) is -0.637. The van der Waals surface area contributed by atoms with Gasteiger partial charge in [-0.15, -0.1) is 6.58 Å². The number of carbonyl (C=O) groups excluding carboxylic acids is 3. The summed E-state index contributed by atoms with van der Waals surface area (Å²) in [5, 5.41) is 2.72. The van der Waals surface area contributed by atoms with Gasteiger partial charge in [0.1, 0.15) is 17.7 Å². The molecule has 0 bridgehead atoms. The Morgan fingerprint density at radius 3 is 2.48 bits per heavy atom. The molecule has 29 heavy (non-hydrogen) atoms. The first-order chi connectivity index (χ1) is 13.4. The van der Waals surface area contributed by atoms with Crippen LogP contribution < -0.4 is 5.32 Å². The van der Waals surface area contributed by atoms with Crippen LogP contribution in [0.2, 0.25) is 0 Å². The van der Waals surface area contributed by atoms with Crippen LogP contribution in [0.15, 0.2) is 12.7 Å². The average molecular weight is 409 g/mol. The van der Waals surface area contributed by atoms with Crippen molar-refractivity contribution in [2.75, 3.05) is 13.7 Å². The number of carbonyl (C=O) groups is 3. The van der Waals surface area contributed by atoms with E-state index in [-0.39, 0.29) is 29.1 Å². The Bertz CT molecular complexity index is 652. The summed E-state index contributed by atoms with van der Waals surface area (Å²) < 4.78 is 10.3. The molecule has 4 atom stereocenters. The summed E-state index contributed by atoms with van der Waals surface area (Å²) in [4.78, 5) is 39.7. The van der Waals surface area contributed by atoms with Gasteiger partial charge in [0.25, 0.3) is 0 Å². The molecule has 0 radical (unpaired) electrons. The Balaban J connectivity index is 2.13. The highest BCUT2D eigenvalue weighted by Gasteiger charge is 2.70. The lowest BCUT2D eigenvalue weighted by Crippen LogP contribution is -2.54. The van der Waals surface area contributed by atoms with E-state index in [0.29, 0.717) is 13.0 Å². The quantitative estimate of drug-likeness (QED) is 0.378. The van der Waals surface area contributed by atoms with Crippen LogP contribution in [-0.4, -0.2) is 54.2 Å². The van der Waals surface area contributed by atoms with E-state index >= 15 is 0 Å². The van der Waals surface area contributed by atoms with E-state index in [0.717, 1.165) is 19.3 Å². The van der Waals surface area contributed by atoms with E-state index in [1.165, 1.54) is 7.11 Å². The number of rotatable bonds is 8. The van der Waals surface area contributed by atoms with Crippen molar-refractivity contribution in [1.82, 2.24) is 10.2 Å². The number of piperidine rings is 1. The van der Waals surface area contributed by atoms with Crippen molar-refractivity contribution in [3.05, 3.63) is 12.7 Å². The lowest BCUT2D eigenvalue weighted by molar-refractivity contribution is -0.153. The number of hydrogen-bond donors (Lipinski definition) is 1. The molecule has 1 aliphatic carbocycles. The van der Waals surface area contributed by atoms with Crippen molar-refractivity contribution in [1.29, 1.82) is 0 Å². The summed E-state index contributed by atoms with van der Waals surface area (Å²) in [6, 6.07) is -1.33. The highest BCUT2D eigenvalue weighted by molar-refractivity contribution is 5.91. The molecule has 1 saturated carbocycles. The minimum absolute atomic E-state index is 0.0215. The van der Waals surface area contributed by atoms with Gasteiger partial charge in [0, 0.05) is 12.5 Å². The van der Waals surface area contributed by atoms with Crippen LogP contribution in [0.1, 0.15) is 60.3 Å². The molecule has 1 aliphatic heterocycles. The molecule has 164 valence electrons. The molecule has 2 aliphatic rings. The van der Waals surface area contributed by atoms with Crippen molar-refractivity contribution in [3.8, 4) is 0 Å². The molecule has 0 aromatic rings. The van der Waals surface area contributed by atoms with Gasteiger partial charge in [-0.1, -0.05) is 26.3 Å². The number of ether oxygens (including phenoxy) is 2. The van der Waals surface area contributed by atoms with Gasteiger partial charge in [-0.05, 0) is 51.4 Å². The third-order valence-corrected chi connectivity index (χ3v) is 6.07. The maximum Gasteiger partial charge on any atom is 0.408 e. The van der Waals surface area contributed by atoms with Gasteiger partial charge in [-0.25, -0.2) is 9.59 Å². The number of hydrogen-bond acceptors (Lipinski definition) is 5. The van der Waals surface area contributed by atoms with Crippen molar-refractivity contribution in [2.24, 2.45) is 17.3 Å². The Kier molecular flexibility index (Phi) is 7.01. The topological polar surface area (TPSA) is 84.9 Å². The molecule has 1 N–H and O–H groups in total. The lowest BCUT2D eigenvalue weighted by Gasteiger charge is -2.32. The molecule has 2 unspecified atom stereocenters. The molecule has 0 aromatic carbocycles. The first-order valence-electron chi connectivity index (χ1n) is 10.4. The number of esters is 1. The first kappa shape index (κ1) is 23.2. The van der Waals surface area contributed by atoms with Gasteiger partial charge < -0.3 is 19.7 Å². The van der Waals surface area contributed by atoms with E-state index < -0.39 is 23.8 Å². The molecule has 1 heterocycles. The molecular formula is C22H36N2O5. The number of likely N-dealkylation sites (tertiary alicyclic amines) is 1. The van der Waals surface area contributed by atoms with Crippen molar-refractivity contribution in [2.45, 2.75) is 78.0 Å². The fraction of sp³-hybridized carbons (Fsp3) is 0.773. The summed E-state index contributed by atoms with van der Waals surface area (Å²) in [5.74, 6) is -0.257. The maximum absolute atomic E-state index is 13.3. The highest BCUT2D eigenvalue weighted by atomic mass is 16.6. The van der Waals surface area contributed by atoms with Crippen LogP contribution in [0.3, 0.4) is 0 Å². The smallest absolute Gasteiger partial charge is 0.408 e. The Hall–Kier alpha value is -2.05. The van der Waals surface area contributed by atoms with E-state index in [1.807, 2.05) is 6.08 Å². The first-order valence-corrected chi connectivity index (χ1v) is 10.4. The van der Waals surface area contributed by atoms with E-state index in [4.69, 9.17) is 9.47 Å². The average Bonchev–Trinajstić information content (AvgIpc) is 2.96. The predicted octanol–water partition coefficient (Wildman–Crippen LogP) is 3.28. The zero-order chi connectivity index (χ0) is 22.0. The number of unbranched alkanes of at least 4 members (excludes halogenated alkanes) is 2. The Morgan fingerprint density at radius 1 is 1.28 bits per heavy atom. The Morgan fingerprint density at radius 2 is 1.93 bits per heavy atom. The zero-order valence-corrected chi connectivity index (χ0v) is 18.6. The summed E-state index contributed by atoms with van der Waals surface area (Å²) in [6.45, 7) is 13.8. The van der Waals surface area contributed by atoms with Crippen molar-refractivity contribution >= 4 is 18.0 Å². The second-order valence-electron chi connectivity index (χ2n) is 9.68. The summed E-state index contributed by atoms with van der Waals surface area (Å²) in [7, 11) is 1.35. The number of nitrogens with one attached hydrogen (secondary N) is 1. The highest BCUT2D eigenvalue weighted by Crippen LogP contribution is 2.65. The molecule has 7 heteroatoms. The SMILES string of the molecule is C=CCCCC[C@H](NC(=O)OC(C)(C)C)C(=O)N1CC2C([C@H]1C(=O)OC)C2(C)C. The van der Waals surface area contributed by atoms with E-state index in [9.17, 15) is 14.4 Å². The maximum atomic E-state index is 13.3. The van der Waals surface area contributed by atoms with Gasteiger partial charge in [-0.3, -0.25) is 4.79 Å². The lowest BCUT2D eigenvalue weighted by atomic mass is 9.99. The summed E-state index contributed by atoms with van der Waals surface area (Å²) in [6.07, 6.45) is 4.17. The van der Waals surface area contributed by atoms with Crippen molar-refractivity contribution < 1.29 is 23.9 Å². The monoisotopic (exact) mass is 408 g/mol. The fourth-order valence-electron chi connectivity index (χ4n) is 4.45. The van der Waals surface area contributed by atoms with Crippen LogP contribution in [0.5, 0.6) is 0 Å². The molecule has 2 fully saturated rings. The fourth-order valence-corrected chi connectivity index (χ4v) is 4.45. The normalized spacial score (nSPS) is 25.6. The van der Waals surface area contributed by atoms with Gasteiger partial charge in [0.05, 0.1) is 7.11 Å². The van der Waals surface area contributed by atoms with Crippen LogP contribution in [0.4, 0.5) is 4.79 Å². The van der Waals surface area contributed by atoms with Gasteiger partial charge >= 0.3 is 12.1 Å². The number of nitrogens with zero attached hydrogens (tertiary/aromatic N) is 1. The molecule has 0 spiro atoms. The van der Waals surface area contributed by atoms with Gasteiger partial charge in [-0.2, -0.15) is 0 Å². The third-order valence-electron chi connectivity index (χ3n) is 6.07. The molecule has 7 nitrogen and oxygen atoms in total. The van der Waals surface area contributed by atoms with Crippen LogP contribution >= 0.6 is 0 Å². The minimum Gasteiger partial charge on any atom is -0.467 e. The number of fused-ring (bicyclic) bond motifs is 1. The van der Waals surface area contributed by atoms with Crippen LogP contribution in [-0.2, 0) is 19.1 Å². The third kappa shape index (κ3) is 5.31. The molecule has 2 rings (SSSR count). The summed E-state index contributed by atoms with van der Waals surface area (Å²) >= 11 is 0. The van der Waals surface area contributed by atoms with Crippen LogP contribution in [0, 0.1) is 17.3 Å². The van der Waals surface area contributed by atoms with Gasteiger partial charge in [0.2, 0.25) is 5.91 Å². The predicted molar refractivity (Wildman–Crippen MR) is 110 cm³/mol. The number of alkyl carbamates (subject to hydrolysis) is 1. The second kappa shape index (κ2) is 8.76. The van der Waals surface area contributed by atoms with E-state index in [1.54, 1.807) is 25.7 Å². The van der Waals surface area contributed by atoms with E-state index in [2.05, 4.69) is 25.7 Å². The van der Waals surface area contributed by atoms with Crippen molar-refractivity contribution in [3.63, 3.8) is 0 Å². The molecule has 0 aromatic heterocycles. The largest absolute Gasteiger partial charge is 0.467 e. The molecular weight excluding hydrogens is 372 g/mol. The standard InChI is InChI=1S/C22H36N2O5/c1-8-9-10-11-12-15(23-20(27)29-21(2,3)4)18(25)24-13-14-16(22(14,5)6)17(24)19(26)28-7/h8,14-17H,1,9-13H2,2-7H3,(H,23,27)/t14?,15-,16?,17-/m0/s1. The number of allylic oxidation sites excluding steroid dienone is 1. The molecule has 2 amide bonds. The van der Waals surface area contributed by atoms with Gasteiger partial charge in [0.15, 0.2) is 0 Å². The number of methoxy groups -OCH3 is 1. The number of amides is 2. The zero-order valence-electron chi connectivity index (χ0n) is 18.6. The van der Waals surface area contributed by atoms with Crippen LogP contribution in [0.25, 0.3) is 0 Å². The Labute approximate surface area is 174 Å². The minimum atomic E-state index is -0.734.